The first-order valence-corrected chi connectivity index (χ1v) is 14.2. The summed E-state index contributed by atoms with van der Waals surface area (Å²) in [6.45, 7) is 5.58. The Morgan fingerprint density at radius 1 is 0.711 bits per heavy atom. The fourth-order valence-corrected chi connectivity index (χ4v) is 4.69. The van der Waals surface area contributed by atoms with E-state index < -0.39 is 23.9 Å². The zero-order valence-electron chi connectivity index (χ0n) is 24.4. The van der Waals surface area contributed by atoms with Crippen molar-refractivity contribution in [1.29, 1.82) is 0 Å². The number of hydrogen-bond acceptors (Lipinski definition) is 11. The Bertz CT molecular complexity index is 1590. The van der Waals surface area contributed by atoms with Crippen LogP contribution in [0.2, 0.25) is 0 Å². The molecule has 1 saturated heterocycles. The summed E-state index contributed by atoms with van der Waals surface area (Å²) in [6, 6.07) is 21.3. The van der Waals surface area contributed by atoms with Crippen LogP contribution in [0, 0.1) is 0 Å². The Hall–Kier alpha value is -5.49. The maximum absolute atomic E-state index is 9.41. The van der Waals surface area contributed by atoms with Crippen LogP contribution in [-0.4, -0.2) is 71.5 Å². The molecule has 1 aliphatic rings. The summed E-state index contributed by atoms with van der Waals surface area (Å²) in [7, 11) is 0. The van der Waals surface area contributed by atoms with Crippen LogP contribution in [0.1, 0.15) is 18.4 Å². The number of rotatable bonds is 10. The second-order valence-corrected chi connectivity index (χ2v) is 9.95. The maximum atomic E-state index is 9.41. The van der Waals surface area contributed by atoms with Gasteiger partial charge in [-0.1, -0.05) is 36.4 Å². The number of nitrogens with one attached hydrogen (secondary N) is 1. The van der Waals surface area contributed by atoms with Crippen molar-refractivity contribution in [2.45, 2.75) is 19.3 Å². The Labute approximate surface area is 259 Å². The lowest BCUT2D eigenvalue weighted by molar-refractivity contribution is -0.301. The van der Waals surface area contributed by atoms with Gasteiger partial charge in [0.05, 0.1) is 29.4 Å². The summed E-state index contributed by atoms with van der Waals surface area (Å²) < 4.78 is 0. The largest absolute Gasteiger partial charge is 0.545 e. The van der Waals surface area contributed by atoms with Crippen molar-refractivity contribution in [3.8, 4) is 0 Å². The standard InChI is InChI=1S/C25H28N4.2C4H4O4/c1-3-10-23-20(7-1)12-13-25(27-23)29-17-15-28(16-18-29)14-6-5-8-21-19-26-24-11-4-2-9-22(21)24;2*5-3(6)1-2-4(7)8/h1-4,7,9-13,19,26H,5-6,8,14-18H2;2*1-2H,(H,5,6)(H,7,8)/p-4. The number of pyridine rings is 1. The summed E-state index contributed by atoms with van der Waals surface area (Å²) in [5, 5.41) is 40.3. The van der Waals surface area contributed by atoms with Crippen LogP contribution in [0.5, 0.6) is 0 Å². The van der Waals surface area contributed by atoms with Gasteiger partial charge in [0.25, 0.3) is 0 Å². The number of aliphatic carboxylic acids is 4. The summed E-state index contributed by atoms with van der Waals surface area (Å²) in [6.07, 6.45) is 7.38. The average Bonchev–Trinajstić information content (AvgIpc) is 3.45. The molecule has 2 aromatic heterocycles. The molecular formula is C33H32N4O8-4. The number of aromatic nitrogens is 2. The van der Waals surface area contributed by atoms with Gasteiger partial charge in [0.2, 0.25) is 0 Å². The molecule has 0 spiro atoms. The molecule has 0 amide bonds. The van der Waals surface area contributed by atoms with Crippen molar-refractivity contribution in [2.75, 3.05) is 37.6 Å². The number of fused-ring (bicyclic) bond motifs is 2. The van der Waals surface area contributed by atoms with Gasteiger partial charge in [-0.15, -0.1) is 0 Å². The number of piperazine rings is 1. The number of aromatic amines is 1. The predicted molar refractivity (Wildman–Crippen MR) is 160 cm³/mol. The van der Waals surface area contributed by atoms with E-state index >= 15 is 0 Å². The van der Waals surface area contributed by atoms with Crippen LogP contribution in [0.25, 0.3) is 21.8 Å². The minimum atomic E-state index is -1.55. The third-order valence-electron chi connectivity index (χ3n) is 6.84. The van der Waals surface area contributed by atoms with Crippen molar-refractivity contribution in [3.05, 3.63) is 96.7 Å². The lowest BCUT2D eigenvalue weighted by atomic mass is 10.1. The Kier molecular flexibility index (Phi) is 13.3. The number of H-pyrrole nitrogens is 1. The average molecular weight is 613 g/mol. The van der Waals surface area contributed by atoms with Crippen LogP contribution in [0.3, 0.4) is 0 Å². The van der Waals surface area contributed by atoms with Crippen molar-refractivity contribution >= 4 is 51.5 Å². The van der Waals surface area contributed by atoms with E-state index in [1.54, 1.807) is 0 Å². The van der Waals surface area contributed by atoms with E-state index in [0.29, 0.717) is 24.3 Å². The minimum absolute atomic E-state index is 0.384. The van der Waals surface area contributed by atoms with Gasteiger partial charge in [-0.05, 0) is 79.9 Å². The number of carboxylic acid groups (broad SMARTS) is 4. The molecule has 0 aliphatic carbocycles. The monoisotopic (exact) mass is 612 g/mol. The molecule has 1 fully saturated rings. The third kappa shape index (κ3) is 12.0. The van der Waals surface area contributed by atoms with E-state index in [1.165, 1.54) is 41.2 Å². The highest BCUT2D eigenvalue weighted by Crippen LogP contribution is 2.21. The molecular weight excluding hydrogens is 580 g/mol. The van der Waals surface area contributed by atoms with E-state index in [4.69, 9.17) is 4.98 Å². The normalized spacial score (nSPS) is 13.3. The molecule has 2 aromatic carbocycles. The van der Waals surface area contributed by atoms with E-state index in [0.717, 1.165) is 43.9 Å². The Balaban J connectivity index is 0.000000287. The van der Waals surface area contributed by atoms with Gasteiger partial charge in [-0.25, -0.2) is 4.98 Å². The molecule has 12 nitrogen and oxygen atoms in total. The summed E-state index contributed by atoms with van der Waals surface area (Å²) in [4.78, 5) is 50.9. The molecule has 236 valence electrons. The highest BCUT2D eigenvalue weighted by atomic mass is 16.4. The van der Waals surface area contributed by atoms with Crippen LogP contribution in [0.4, 0.5) is 5.82 Å². The number of para-hydroxylation sites is 2. The molecule has 45 heavy (non-hydrogen) atoms. The fourth-order valence-electron chi connectivity index (χ4n) is 4.69. The molecule has 0 radical (unpaired) electrons. The number of hydrogen-bond donors (Lipinski definition) is 1. The van der Waals surface area contributed by atoms with Crippen LogP contribution >= 0.6 is 0 Å². The van der Waals surface area contributed by atoms with Crippen molar-refractivity contribution in [2.24, 2.45) is 0 Å². The number of carbonyl (C=O) groups excluding carboxylic acids is 4. The molecule has 0 atom stereocenters. The first-order chi connectivity index (χ1) is 21.6. The Morgan fingerprint density at radius 3 is 1.91 bits per heavy atom. The van der Waals surface area contributed by atoms with Gasteiger partial charge in [0.15, 0.2) is 0 Å². The number of carboxylic acids is 4. The third-order valence-corrected chi connectivity index (χ3v) is 6.84. The number of anilines is 1. The van der Waals surface area contributed by atoms with E-state index in [2.05, 4.69) is 81.6 Å². The predicted octanol–water partition coefficient (Wildman–Crippen LogP) is -1.05. The molecule has 3 heterocycles. The van der Waals surface area contributed by atoms with Gasteiger partial charge in [0, 0.05) is 48.7 Å². The molecule has 1 aliphatic heterocycles. The molecule has 0 unspecified atom stereocenters. The van der Waals surface area contributed by atoms with Gasteiger partial charge in [0.1, 0.15) is 5.82 Å². The van der Waals surface area contributed by atoms with Crippen LogP contribution in [0.15, 0.2) is 91.2 Å². The zero-order valence-corrected chi connectivity index (χ0v) is 24.4. The lowest BCUT2D eigenvalue weighted by Crippen LogP contribution is -2.46. The van der Waals surface area contributed by atoms with Crippen molar-refractivity contribution in [3.63, 3.8) is 0 Å². The number of benzene rings is 2. The van der Waals surface area contributed by atoms with Gasteiger partial charge < -0.3 is 49.5 Å². The number of aryl methyl sites for hydroxylation is 1. The van der Waals surface area contributed by atoms with Gasteiger partial charge in [-0.2, -0.15) is 0 Å². The molecule has 5 rings (SSSR count). The quantitative estimate of drug-likeness (QED) is 0.169. The Morgan fingerprint density at radius 2 is 1.29 bits per heavy atom. The summed E-state index contributed by atoms with van der Waals surface area (Å²) in [5.74, 6) is -5.07. The topological polar surface area (TPSA) is 196 Å². The maximum Gasteiger partial charge on any atom is 0.129 e. The van der Waals surface area contributed by atoms with Crippen LogP contribution in [-0.2, 0) is 25.6 Å². The first kappa shape index (κ1) is 34.0. The number of nitrogens with zero attached hydrogens (tertiary/aromatic N) is 3. The summed E-state index contributed by atoms with van der Waals surface area (Å²) >= 11 is 0. The lowest BCUT2D eigenvalue weighted by Gasteiger charge is -2.35. The van der Waals surface area contributed by atoms with Crippen LogP contribution < -0.4 is 25.3 Å². The molecule has 1 N–H and O–H groups in total. The van der Waals surface area contributed by atoms with E-state index in [9.17, 15) is 39.6 Å². The molecule has 4 aromatic rings. The molecule has 0 saturated carbocycles. The van der Waals surface area contributed by atoms with E-state index in [-0.39, 0.29) is 0 Å². The fraction of sp³-hybridized carbons (Fsp3) is 0.242. The second-order valence-electron chi connectivity index (χ2n) is 9.95. The number of unbranched alkanes of at least 4 members (excludes halogenated alkanes) is 1. The van der Waals surface area contributed by atoms with Crippen molar-refractivity contribution in [1.82, 2.24) is 14.9 Å². The second kappa shape index (κ2) is 17.6. The molecule has 0 bridgehead atoms. The highest BCUT2D eigenvalue weighted by molar-refractivity contribution is 5.88. The summed E-state index contributed by atoms with van der Waals surface area (Å²) in [5.41, 5.74) is 3.79. The SMILES string of the molecule is O=C([O-])C=CC(=O)[O-].O=C([O-])C=CC(=O)[O-].c1ccc2nc(N3CCN(CCCCc4c[nH]c5ccccc45)CC3)ccc2c1. The van der Waals surface area contributed by atoms with Crippen molar-refractivity contribution < 1.29 is 39.6 Å². The first-order valence-electron chi connectivity index (χ1n) is 14.2. The number of carbonyl (C=O) groups is 4. The van der Waals surface area contributed by atoms with Gasteiger partial charge >= 0.3 is 0 Å². The highest BCUT2D eigenvalue weighted by Gasteiger charge is 2.18. The van der Waals surface area contributed by atoms with Gasteiger partial charge in [-0.3, -0.25) is 4.90 Å². The zero-order chi connectivity index (χ0) is 32.6. The smallest absolute Gasteiger partial charge is 0.129 e. The minimum Gasteiger partial charge on any atom is -0.545 e. The van der Waals surface area contributed by atoms with E-state index in [1.807, 2.05) is 0 Å². The molecule has 12 heteroatoms.